The van der Waals surface area contributed by atoms with Gasteiger partial charge in [0, 0.05) is 17.5 Å². The molecule has 82 valence electrons. The molecule has 1 aromatic heterocycles. The summed E-state index contributed by atoms with van der Waals surface area (Å²) in [6.45, 7) is 0. The Morgan fingerprint density at radius 1 is 1.12 bits per heavy atom. The summed E-state index contributed by atoms with van der Waals surface area (Å²) in [5.74, 6) is 0.688. The fourth-order valence-electron chi connectivity index (χ4n) is 1.72. The maximum absolute atomic E-state index is 5.62. The summed E-state index contributed by atoms with van der Waals surface area (Å²) in [5, 5.41) is 1.24. The van der Waals surface area contributed by atoms with E-state index >= 15 is 0 Å². The fourth-order valence-corrected chi connectivity index (χ4v) is 1.85. The molecule has 0 bridgehead atoms. The molecule has 1 heterocycles. The summed E-state index contributed by atoms with van der Waals surface area (Å²) in [6, 6.07) is 10.3. The van der Waals surface area contributed by atoms with E-state index in [1.54, 1.807) is 0 Å². The van der Waals surface area contributed by atoms with Gasteiger partial charge in [-0.2, -0.15) is 0 Å². The molecule has 0 aliphatic rings. The summed E-state index contributed by atoms with van der Waals surface area (Å²) in [4.78, 5) is 4.34. The first-order chi connectivity index (χ1) is 7.92. The number of hydrogen-bond donors (Lipinski definition) is 0. The van der Waals surface area contributed by atoms with Crippen LogP contribution in [0.2, 0.25) is 0 Å². The van der Waals surface area contributed by atoms with Gasteiger partial charge in [0.25, 0.3) is 0 Å². The number of allylic oxidation sites excluding steroid dienone is 2. The van der Waals surface area contributed by atoms with Crippen molar-refractivity contribution in [2.45, 2.75) is 12.8 Å². The molecule has 0 radical (unpaired) electrons. The van der Waals surface area contributed by atoms with Gasteiger partial charge in [-0.05, 0) is 30.5 Å². The number of alkyl halides is 1. The molecule has 0 atom stereocenters. The Bertz CT molecular complexity index is 486. The number of benzene rings is 1. The highest BCUT2D eigenvalue weighted by atomic mass is 35.5. The van der Waals surface area contributed by atoms with Crippen LogP contribution in [0.25, 0.3) is 10.9 Å². The minimum Gasteiger partial charge on any atom is -0.256 e. The Hall–Kier alpha value is -1.34. The summed E-state index contributed by atoms with van der Waals surface area (Å²) >= 11 is 5.62. The molecule has 0 saturated heterocycles. The van der Waals surface area contributed by atoms with Crippen molar-refractivity contribution in [3.63, 3.8) is 0 Å². The molecule has 0 aliphatic carbocycles. The molecule has 0 aliphatic heterocycles. The van der Waals surface area contributed by atoms with Crippen molar-refractivity contribution in [3.8, 4) is 0 Å². The third kappa shape index (κ3) is 2.61. The van der Waals surface area contributed by atoms with Crippen LogP contribution in [0.15, 0.2) is 48.7 Å². The topological polar surface area (TPSA) is 12.9 Å². The maximum atomic E-state index is 5.62. The third-order valence-electron chi connectivity index (χ3n) is 2.52. The van der Waals surface area contributed by atoms with Gasteiger partial charge < -0.3 is 0 Å². The van der Waals surface area contributed by atoms with Crippen LogP contribution in [-0.2, 0) is 6.42 Å². The number of pyridine rings is 1. The smallest absolute Gasteiger partial charge is 0.0704 e. The highest BCUT2D eigenvalue weighted by molar-refractivity contribution is 6.17. The van der Waals surface area contributed by atoms with Gasteiger partial charge in [0.2, 0.25) is 0 Å². The fraction of sp³-hybridized carbons (Fsp3) is 0.214. The average Bonchev–Trinajstić information content (AvgIpc) is 2.35. The monoisotopic (exact) mass is 231 g/mol. The number of para-hydroxylation sites is 1. The molecule has 0 saturated carbocycles. The van der Waals surface area contributed by atoms with Gasteiger partial charge in [0.1, 0.15) is 0 Å². The van der Waals surface area contributed by atoms with Crippen molar-refractivity contribution in [2.24, 2.45) is 0 Å². The molecule has 0 unspecified atom stereocenters. The molecule has 0 amide bonds. The predicted octanol–water partition coefficient (Wildman–Crippen LogP) is 3.96. The van der Waals surface area contributed by atoms with Gasteiger partial charge in [0.15, 0.2) is 0 Å². The quantitative estimate of drug-likeness (QED) is 0.573. The van der Waals surface area contributed by atoms with Crippen LogP contribution in [0.3, 0.4) is 0 Å². The molecule has 2 rings (SSSR count). The summed E-state index contributed by atoms with van der Waals surface area (Å²) in [5.41, 5.74) is 2.38. The SMILES string of the molecule is ClCCC=CCc1ccnc2ccccc12. The molecule has 16 heavy (non-hydrogen) atoms. The van der Waals surface area contributed by atoms with Gasteiger partial charge >= 0.3 is 0 Å². The number of fused-ring (bicyclic) bond motifs is 1. The van der Waals surface area contributed by atoms with E-state index < -0.39 is 0 Å². The van der Waals surface area contributed by atoms with Crippen molar-refractivity contribution in [1.82, 2.24) is 4.98 Å². The summed E-state index contributed by atoms with van der Waals surface area (Å²) in [6.07, 6.45) is 8.05. The van der Waals surface area contributed by atoms with Crippen molar-refractivity contribution in [2.75, 3.05) is 5.88 Å². The van der Waals surface area contributed by atoms with Crippen LogP contribution in [0, 0.1) is 0 Å². The molecule has 2 heteroatoms. The number of aromatic nitrogens is 1. The number of halogens is 1. The van der Waals surface area contributed by atoms with Crippen LogP contribution >= 0.6 is 11.6 Å². The Morgan fingerprint density at radius 3 is 2.88 bits per heavy atom. The molecule has 2 aromatic rings. The lowest BCUT2D eigenvalue weighted by atomic mass is 10.1. The molecule has 1 aromatic carbocycles. The largest absolute Gasteiger partial charge is 0.256 e. The second kappa shape index (κ2) is 5.66. The van der Waals surface area contributed by atoms with Crippen molar-refractivity contribution in [3.05, 3.63) is 54.2 Å². The van der Waals surface area contributed by atoms with Gasteiger partial charge in [-0.25, -0.2) is 0 Å². The van der Waals surface area contributed by atoms with E-state index in [9.17, 15) is 0 Å². The molecular formula is C14H14ClN. The van der Waals surface area contributed by atoms with E-state index in [-0.39, 0.29) is 0 Å². The van der Waals surface area contributed by atoms with Crippen LogP contribution in [0.1, 0.15) is 12.0 Å². The van der Waals surface area contributed by atoms with Crippen molar-refractivity contribution >= 4 is 22.5 Å². The Kier molecular flexibility index (Phi) is 3.95. The standard InChI is InChI=1S/C14H14ClN/c15-10-5-1-2-6-12-9-11-16-14-8-4-3-7-13(12)14/h1-4,7-9,11H,5-6,10H2. The lowest BCUT2D eigenvalue weighted by Crippen LogP contribution is -1.86. The van der Waals surface area contributed by atoms with Crippen LogP contribution in [0.4, 0.5) is 0 Å². The molecular weight excluding hydrogens is 218 g/mol. The molecule has 1 nitrogen and oxygen atoms in total. The van der Waals surface area contributed by atoms with E-state index in [2.05, 4.69) is 35.3 Å². The van der Waals surface area contributed by atoms with Gasteiger partial charge in [-0.3, -0.25) is 4.98 Å². The predicted molar refractivity (Wildman–Crippen MR) is 69.9 cm³/mol. The first kappa shape index (κ1) is 11.2. The number of hydrogen-bond acceptors (Lipinski definition) is 1. The zero-order valence-corrected chi connectivity index (χ0v) is 9.82. The zero-order chi connectivity index (χ0) is 11.2. The molecule has 0 N–H and O–H groups in total. The minimum absolute atomic E-state index is 0.688. The second-order valence-electron chi connectivity index (χ2n) is 3.64. The summed E-state index contributed by atoms with van der Waals surface area (Å²) < 4.78 is 0. The van der Waals surface area contributed by atoms with E-state index in [0.717, 1.165) is 18.4 Å². The number of rotatable bonds is 4. The third-order valence-corrected chi connectivity index (χ3v) is 2.74. The Morgan fingerprint density at radius 2 is 2.00 bits per heavy atom. The second-order valence-corrected chi connectivity index (χ2v) is 4.02. The lowest BCUT2D eigenvalue weighted by molar-refractivity contribution is 1.19. The highest BCUT2D eigenvalue weighted by Gasteiger charge is 1.98. The van der Waals surface area contributed by atoms with E-state index in [4.69, 9.17) is 11.6 Å². The lowest BCUT2D eigenvalue weighted by Gasteiger charge is -2.02. The Labute approximate surface area is 101 Å². The zero-order valence-electron chi connectivity index (χ0n) is 9.07. The van der Waals surface area contributed by atoms with Gasteiger partial charge in [0.05, 0.1) is 5.52 Å². The van der Waals surface area contributed by atoms with Crippen molar-refractivity contribution < 1.29 is 0 Å². The normalized spacial score (nSPS) is 11.3. The summed E-state index contributed by atoms with van der Waals surface area (Å²) in [7, 11) is 0. The highest BCUT2D eigenvalue weighted by Crippen LogP contribution is 2.16. The number of nitrogens with zero attached hydrogens (tertiary/aromatic N) is 1. The molecule has 0 fully saturated rings. The van der Waals surface area contributed by atoms with Gasteiger partial charge in [-0.15, -0.1) is 11.6 Å². The first-order valence-electron chi connectivity index (χ1n) is 5.45. The maximum Gasteiger partial charge on any atom is 0.0704 e. The van der Waals surface area contributed by atoms with Crippen LogP contribution in [0.5, 0.6) is 0 Å². The average molecular weight is 232 g/mol. The minimum atomic E-state index is 0.688. The van der Waals surface area contributed by atoms with E-state index in [1.165, 1.54) is 10.9 Å². The van der Waals surface area contributed by atoms with E-state index in [1.807, 2.05) is 18.3 Å². The van der Waals surface area contributed by atoms with Crippen LogP contribution in [-0.4, -0.2) is 10.9 Å². The van der Waals surface area contributed by atoms with E-state index in [0.29, 0.717) is 5.88 Å². The Balaban J connectivity index is 2.23. The van der Waals surface area contributed by atoms with Crippen LogP contribution < -0.4 is 0 Å². The van der Waals surface area contributed by atoms with Gasteiger partial charge in [-0.1, -0.05) is 30.4 Å². The van der Waals surface area contributed by atoms with Crippen molar-refractivity contribution in [1.29, 1.82) is 0 Å². The first-order valence-corrected chi connectivity index (χ1v) is 5.99. The molecule has 0 spiro atoms.